The molecule has 0 aliphatic carbocycles. The molecule has 1 spiro atoms. The average Bonchev–Trinajstić information content (AvgIpc) is 2.81. The lowest BCUT2D eigenvalue weighted by molar-refractivity contribution is -0.137. The maximum atomic E-state index is 12.0. The van der Waals surface area contributed by atoms with Gasteiger partial charge >= 0.3 is 0 Å². The fourth-order valence-corrected chi connectivity index (χ4v) is 4.54. The normalized spacial score (nSPS) is 23.4. The van der Waals surface area contributed by atoms with Gasteiger partial charge in [0, 0.05) is 37.9 Å². The zero-order valence-electron chi connectivity index (χ0n) is 12.6. The molecule has 0 radical (unpaired) electrons. The molecule has 0 saturated carbocycles. The van der Waals surface area contributed by atoms with Crippen LogP contribution in [0.1, 0.15) is 26.7 Å². The Morgan fingerprint density at radius 2 is 2.38 bits per heavy atom. The van der Waals surface area contributed by atoms with Crippen LogP contribution in [-0.2, 0) is 4.79 Å². The second-order valence-electron chi connectivity index (χ2n) is 6.47. The number of rotatable bonds is 4. The highest BCUT2D eigenvalue weighted by molar-refractivity contribution is 8.01. The lowest BCUT2D eigenvalue weighted by Gasteiger charge is -2.47. The lowest BCUT2D eigenvalue weighted by atomic mass is 9.92. The summed E-state index contributed by atoms with van der Waals surface area (Å²) in [6.07, 6.45) is 5.44. The van der Waals surface area contributed by atoms with Crippen LogP contribution in [0.5, 0.6) is 5.75 Å². The topological polar surface area (TPSA) is 42.4 Å². The van der Waals surface area contributed by atoms with Gasteiger partial charge in [0.15, 0.2) is 0 Å². The van der Waals surface area contributed by atoms with Gasteiger partial charge in [-0.15, -0.1) is 11.8 Å². The number of aromatic nitrogens is 1. The first kappa shape index (κ1) is 14.7. The van der Waals surface area contributed by atoms with Crippen LogP contribution in [0.15, 0.2) is 24.5 Å². The molecule has 1 aromatic heterocycles. The quantitative estimate of drug-likeness (QED) is 0.857. The fraction of sp³-hybridized carbons (Fsp3) is 0.625. The molecule has 1 aromatic rings. The van der Waals surface area contributed by atoms with Crippen molar-refractivity contribution in [1.82, 2.24) is 9.88 Å². The Bertz CT molecular complexity index is 500. The largest absolute Gasteiger partial charge is 0.488 e. The van der Waals surface area contributed by atoms with E-state index in [9.17, 15) is 4.79 Å². The van der Waals surface area contributed by atoms with E-state index in [4.69, 9.17) is 4.74 Å². The van der Waals surface area contributed by atoms with E-state index in [0.29, 0.717) is 18.2 Å². The SMILES string of the molecule is CC(C)CC(=O)N1CC2(C[C@@H](Oc3cccnc3)CS2)C1. The van der Waals surface area contributed by atoms with Crippen LogP contribution in [0, 0.1) is 5.92 Å². The van der Waals surface area contributed by atoms with Crippen LogP contribution >= 0.6 is 11.8 Å². The van der Waals surface area contributed by atoms with Gasteiger partial charge in [-0.05, 0) is 18.1 Å². The summed E-state index contributed by atoms with van der Waals surface area (Å²) in [5, 5.41) is 0. The van der Waals surface area contributed by atoms with Gasteiger partial charge in [-0.2, -0.15) is 0 Å². The summed E-state index contributed by atoms with van der Waals surface area (Å²) < 4.78 is 6.22. The van der Waals surface area contributed by atoms with Gasteiger partial charge in [0.1, 0.15) is 11.9 Å². The van der Waals surface area contributed by atoms with E-state index in [1.165, 1.54) is 0 Å². The van der Waals surface area contributed by atoms with E-state index in [0.717, 1.165) is 31.0 Å². The molecule has 0 unspecified atom stereocenters. The molecule has 21 heavy (non-hydrogen) atoms. The van der Waals surface area contributed by atoms with Gasteiger partial charge in [-0.3, -0.25) is 9.78 Å². The molecule has 2 fully saturated rings. The number of pyridine rings is 1. The molecule has 4 nitrogen and oxygen atoms in total. The summed E-state index contributed by atoms with van der Waals surface area (Å²) in [5.41, 5.74) is 0. The smallest absolute Gasteiger partial charge is 0.222 e. The summed E-state index contributed by atoms with van der Waals surface area (Å²) >= 11 is 1.96. The maximum absolute atomic E-state index is 12.0. The molecule has 5 heteroatoms. The lowest BCUT2D eigenvalue weighted by Crippen LogP contribution is -2.61. The molecule has 1 atom stereocenters. The first-order valence-electron chi connectivity index (χ1n) is 7.55. The van der Waals surface area contributed by atoms with Gasteiger partial charge in [0.25, 0.3) is 0 Å². The Labute approximate surface area is 130 Å². The minimum Gasteiger partial charge on any atom is -0.488 e. The van der Waals surface area contributed by atoms with Gasteiger partial charge in [0.05, 0.1) is 10.9 Å². The standard InChI is InChI=1S/C16H22N2O2S/c1-12(2)6-15(19)18-10-16(11-18)7-14(9-21-16)20-13-4-3-5-17-8-13/h3-5,8,12,14H,6-7,9-11H2,1-2H3/t14-/m1/s1. The van der Waals surface area contributed by atoms with Crippen molar-refractivity contribution >= 4 is 17.7 Å². The number of ether oxygens (including phenoxy) is 1. The van der Waals surface area contributed by atoms with Crippen LogP contribution < -0.4 is 4.74 Å². The number of amides is 1. The van der Waals surface area contributed by atoms with Gasteiger partial charge in [-0.25, -0.2) is 0 Å². The first-order chi connectivity index (χ1) is 10.1. The van der Waals surface area contributed by atoms with Gasteiger partial charge in [-0.1, -0.05) is 13.8 Å². The summed E-state index contributed by atoms with van der Waals surface area (Å²) in [6.45, 7) is 5.96. The number of thioether (sulfide) groups is 1. The highest BCUT2D eigenvalue weighted by Crippen LogP contribution is 2.46. The zero-order valence-corrected chi connectivity index (χ0v) is 13.4. The van der Waals surface area contributed by atoms with E-state index < -0.39 is 0 Å². The number of likely N-dealkylation sites (tertiary alicyclic amines) is 1. The Balaban J connectivity index is 1.49. The molecule has 2 saturated heterocycles. The van der Waals surface area contributed by atoms with E-state index in [-0.39, 0.29) is 10.9 Å². The molecule has 2 aliphatic rings. The third kappa shape index (κ3) is 3.34. The Morgan fingerprint density at radius 3 is 3.05 bits per heavy atom. The Morgan fingerprint density at radius 1 is 1.57 bits per heavy atom. The molecular weight excluding hydrogens is 284 g/mol. The summed E-state index contributed by atoms with van der Waals surface area (Å²) in [5.74, 6) is 2.58. The van der Waals surface area contributed by atoms with Gasteiger partial charge in [0.2, 0.25) is 5.91 Å². The Hall–Kier alpha value is -1.23. The zero-order chi connectivity index (χ0) is 14.9. The molecule has 1 amide bonds. The predicted octanol–water partition coefficient (Wildman–Crippen LogP) is 2.59. The third-order valence-corrected chi connectivity index (χ3v) is 5.58. The summed E-state index contributed by atoms with van der Waals surface area (Å²) in [7, 11) is 0. The summed E-state index contributed by atoms with van der Waals surface area (Å²) in [4.78, 5) is 18.1. The van der Waals surface area contributed by atoms with E-state index in [2.05, 4.69) is 18.8 Å². The second-order valence-corrected chi connectivity index (χ2v) is 7.96. The second kappa shape index (κ2) is 5.87. The maximum Gasteiger partial charge on any atom is 0.222 e. The molecule has 114 valence electrons. The molecule has 0 aromatic carbocycles. The molecule has 3 heterocycles. The van der Waals surface area contributed by atoms with E-state index >= 15 is 0 Å². The van der Waals surface area contributed by atoms with Gasteiger partial charge < -0.3 is 9.64 Å². The molecule has 0 bridgehead atoms. The highest BCUT2D eigenvalue weighted by Gasteiger charge is 2.51. The fourth-order valence-electron chi connectivity index (χ4n) is 3.01. The number of carbonyl (C=O) groups excluding carboxylic acids is 1. The first-order valence-corrected chi connectivity index (χ1v) is 8.53. The van der Waals surface area contributed by atoms with Crippen molar-refractivity contribution in [2.24, 2.45) is 5.92 Å². The number of hydrogen-bond acceptors (Lipinski definition) is 4. The van der Waals surface area contributed by atoms with E-state index in [1.54, 1.807) is 12.4 Å². The highest BCUT2D eigenvalue weighted by atomic mass is 32.2. The number of nitrogens with zero attached hydrogens (tertiary/aromatic N) is 2. The van der Waals surface area contributed by atoms with Crippen molar-refractivity contribution in [1.29, 1.82) is 0 Å². The Kier molecular flexibility index (Phi) is 4.11. The van der Waals surface area contributed by atoms with Crippen LogP contribution in [-0.4, -0.2) is 45.5 Å². The van der Waals surface area contributed by atoms with Crippen LogP contribution in [0.3, 0.4) is 0 Å². The third-order valence-electron chi connectivity index (χ3n) is 4.01. The van der Waals surface area contributed by atoms with E-state index in [1.807, 2.05) is 28.8 Å². The molecule has 3 rings (SSSR count). The van der Waals surface area contributed by atoms with Crippen LogP contribution in [0.25, 0.3) is 0 Å². The predicted molar refractivity (Wildman–Crippen MR) is 84.5 cm³/mol. The van der Waals surface area contributed by atoms with Crippen LogP contribution in [0.4, 0.5) is 0 Å². The van der Waals surface area contributed by atoms with Crippen molar-refractivity contribution < 1.29 is 9.53 Å². The number of hydrogen-bond donors (Lipinski definition) is 0. The monoisotopic (exact) mass is 306 g/mol. The minimum absolute atomic E-state index is 0.236. The minimum atomic E-state index is 0.236. The van der Waals surface area contributed by atoms with Crippen molar-refractivity contribution in [3.8, 4) is 5.75 Å². The van der Waals surface area contributed by atoms with Crippen LogP contribution in [0.2, 0.25) is 0 Å². The molecular formula is C16H22N2O2S. The number of carbonyl (C=O) groups is 1. The summed E-state index contributed by atoms with van der Waals surface area (Å²) in [6, 6.07) is 3.84. The average molecular weight is 306 g/mol. The van der Waals surface area contributed by atoms with Crippen molar-refractivity contribution in [2.45, 2.75) is 37.5 Å². The molecule has 2 aliphatic heterocycles. The van der Waals surface area contributed by atoms with Crippen molar-refractivity contribution in [3.05, 3.63) is 24.5 Å². The molecule has 0 N–H and O–H groups in total. The van der Waals surface area contributed by atoms with Crippen molar-refractivity contribution in [3.63, 3.8) is 0 Å². The van der Waals surface area contributed by atoms with Crippen molar-refractivity contribution in [2.75, 3.05) is 18.8 Å².